The van der Waals surface area contributed by atoms with E-state index in [4.69, 9.17) is 5.26 Å². The summed E-state index contributed by atoms with van der Waals surface area (Å²) in [7, 11) is -2.04. The molecule has 0 saturated carbocycles. The third kappa shape index (κ3) is 2.06. The summed E-state index contributed by atoms with van der Waals surface area (Å²) in [4.78, 5) is 0. The molecular weight excluding hydrogens is 208 g/mol. The first-order chi connectivity index (χ1) is 6.09. The Labute approximate surface area is 81.1 Å². The van der Waals surface area contributed by atoms with Gasteiger partial charge in [-0.25, -0.2) is 8.42 Å². The maximum atomic E-state index is 11.6. The highest BCUT2D eigenvalue weighted by atomic mass is 32.2. The minimum Gasteiger partial charge on any atom is -0.206 e. The van der Waals surface area contributed by atoms with Crippen LogP contribution in [0.2, 0.25) is 0 Å². The van der Waals surface area contributed by atoms with E-state index in [0.717, 1.165) is 15.6 Å². The minimum absolute atomic E-state index is 0.125. The van der Waals surface area contributed by atoms with Crippen molar-refractivity contribution in [3.05, 3.63) is 17.5 Å². The Morgan fingerprint density at radius 2 is 2.38 bits per heavy atom. The van der Waals surface area contributed by atoms with E-state index in [1.807, 2.05) is 0 Å². The van der Waals surface area contributed by atoms with Crippen LogP contribution in [0, 0.1) is 11.3 Å². The summed E-state index contributed by atoms with van der Waals surface area (Å²) in [6, 6.07) is 4.97. The number of hydrogen-bond donors (Lipinski definition) is 0. The standard InChI is InChI=1S/C7H8N2O2S2/c1-9(5-4-8)13(10,11)7-3-2-6-12-7/h2-3,6H,5H2,1H3. The Balaban J connectivity index is 2.98. The first-order valence-electron chi connectivity index (χ1n) is 3.46. The Kier molecular flexibility index (Phi) is 3.03. The predicted octanol–water partition coefficient (Wildman–Crippen LogP) is 0.892. The van der Waals surface area contributed by atoms with Crippen LogP contribution in [0.5, 0.6) is 0 Å². The van der Waals surface area contributed by atoms with Crippen LogP contribution in [0.1, 0.15) is 0 Å². The van der Waals surface area contributed by atoms with Crippen molar-refractivity contribution in [1.82, 2.24) is 4.31 Å². The fourth-order valence-corrected chi connectivity index (χ4v) is 3.02. The molecule has 13 heavy (non-hydrogen) atoms. The van der Waals surface area contributed by atoms with Crippen LogP contribution in [-0.2, 0) is 10.0 Å². The van der Waals surface area contributed by atoms with E-state index >= 15 is 0 Å². The van der Waals surface area contributed by atoms with Crippen molar-refractivity contribution in [2.75, 3.05) is 13.6 Å². The largest absolute Gasteiger partial charge is 0.253 e. The molecule has 0 fully saturated rings. The zero-order valence-corrected chi connectivity index (χ0v) is 8.60. The Morgan fingerprint density at radius 3 is 2.85 bits per heavy atom. The zero-order valence-electron chi connectivity index (χ0n) is 6.97. The van der Waals surface area contributed by atoms with Crippen molar-refractivity contribution in [3.8, 4) is 6.07 Å². The molecule has 1 aromatic heterocycles. The number of nitriles is 1. The van der Waals surface area contributed by atoms with Crippen LogP contribution in [-0.4, -0.2) is 26.3 Å². The van der Waals surface area contributed by atoms with Gasteiger partial charge in [0.05, 0.1) is 6.07 Å². The van der Waals surface area contributed by atoms with Gasteiger partial charge in [0.1, 0.15) is 10.8 Å². The Morgan fingerprint density at radius 1 is 1.69 bits per heavy atom. The van der Waals surface area contributed by atoms with Gasteiger partial charge in [0.2, 0.25) is 0 Å². The summed E-state index contributed by atoms with van der Waals surface area (Å²) in [5, 5.41) is 10.0. The highest BCUT2D eigenvalue weighted by Gasteiger charge is 2.20. The molecule has 1 rings (SSSR count). The first kappa shape index (κ1) is 10.2. The summed E-state index contributed by atoms with van der Waals surface area (Å²) in [5.41, 5.74) is 0. The van der Waals surface area contributed by atoms with E-state index in [-0.39, 0.29) is 10.8 Å². The lowest BCUT2D eigenvalue weighted by Gasteiger charge is -2.10. The van der Waals surface area contributed by atoms with E-state index in [1.165, 1.54) is 13.1 Å². The molecule has 0 aliphatic heterocycles. The van der Waals surface area contributed by atoms with Crippen LogP contribution < -0.4 is 0 Å². The van der Waals surface area contributed by atoms with E-state index in [0.29, 0.717) is 0 Å². The molecule has 70 valence electrons. The second-order valence-corrected chi connectivity index (χ2v) is 5.57. The van der Waals surface area contributed by atoms with Crippen LogP contribution >= 0.6 is 11.3 Å². The van der Waals surface area contributed by atoms with Crippen molar-refractivity contribution >= 4 is 21.4 Å². The average Bonchev–Trinajstić information content (AvgIpc) is 2.56. The molecule has 0 atom stereocenters. The van der Waals surface area contributed by atoms with Crippen molar-refractivity contribution < 1.29 is 8.42 Å². The summed E-state index contributed by atoms with van der Waals surface area (Å²) >= 11 is 1.15. The van der Waals surface area contributed by atoms with Gasteiger partial charge < -0.3 is 0 Å². The maximum absolute atomic E-state index is 11.6. The fraction of sp³-hybridized carbons (Fsp3) is 0.286. The monoisotopic (exact) mass is 216 g/mol. The molecule has 1 aromatic rings. The molecule has 0 radical (unpaired) electrons. The Hall–Kier alpha value is -0.900. The molecule has 0 spiro atoms. The van der Waals surface area contributed by atoms with Gasteiger partial charge in [0.15, 0.2) is 0 Å². The van der Waals surface area contributed by atoms with Gasteiger partial charge in [-0.15, -0.1) is 11.3 Å². The molecule has 0 aliphatic rings. The van der Waals surface area contributed by atoms with E-state index in [2.05, 4.69) is 0 Å². The molecule has 0 unspecified atom stereocenters. The zero-order chi connectivity index (χ0) is 9.90. The number of thiophene rings is 1. The normalized spacial score (nSPS) is 11.5. The van der Waals surface area contributed by atoms with Crippen molar-refractivity contribution in [2.24, 2.45) is 0 Å². The van der Waals surface area contributed by atoms with Gasteiger partial charge in [-0.05, 0) is 11.4 Å². The van der Waals surface area contributed by atoms with Crippen LogP contribution in [0.25, 0.3) is 0 Å². The molecule has 0 saturated heterocycles. The highest BCUT2D eigenvalue weighted by Crippen LogP contribution is 2.19. The maximum Gasteiger partial charge on any atom is 0.253 e. The van der Waals surface area contributed by atoms with Gasteiger partial charge in [-0.2, -0.15) is 9.57 Å². The molecule has 6 heteroatoms. The highest BCUT2D eigenvalue weighted by molar-refractivity contribution is 7.91. The number of sulfonamides is 1. The lowest BCUT2D eigenvalue weighted by molar-refractivity contribution is 0.504. The Bertz CT molecular complexity index is 402. The van der Waals surface area contributed by atoms with Gasteiger partial charge in [-0.3, -0.25) is 0 Å². The van der Waals surface area contributed by atoms with Crippen molar-refractivity contribution in [1.29, 1.82) is 5.26 Å². The van der Waals surface area contributed by atoms with Crippen molar-refractivity contribution in [2.45, 2.75) is 4.21 Å². The second kappa shape index (κ2) is 3.87. The van der Waals surface area contributed by atoms with Gasteiger partial charge in [-0.1, -0.05) is 6.07 Å². The van der Waals surface area contributed by atoms with Gasteiger partial charge in [0.25, 0.3) is 10.0 Å². The third-order valence-corrected chi connectivity index (χ3v) is 4.63. The fourth-order valence-electron chi connectivity index (χ4n) is 0.748. The number of nitrogens with zero attached hydrogens (tertiary/aromatic N) is 2. The molecule has 0 N–H and O–H groups in total. The summed E-state index contributed by atoms with van der Waals surface area (Å²) in [6.07, 6.45) is 0. The predicted molar refractivity (Wildman–Crippen MR) is 49.7 cm³/mol. The molecule has 0 aliphatic carbocycles. The second-order valence-electron chi connectivity index (χ2n) is 2.35. The van der Waals surface area contributed by atoms with Gasteiger partial charge >= 0.3 is 0 Å². The van der Waals surface area contributed by atoms with Crippen LogP contribution in [0.4, 0.5) is 0 Å². The summed E-state index contributed by atoms with van der Waals surface area (Å²) in [5.74, 6) is 0. The lowest BCUT2D eigenvalue weighted by atomic mass is 10.7. The minimum atomic E-state index is -3.43. The SMILES string of the molecule is CN(CC#N)S(=O)(=O)c1cccs1. The number of hydrogen-bond acceptors (Lipinski definition) is 4. The summed E-state index contributed by atoms with van der Waals surface area (Å²) < 4.78 is 24.4. The van der Waals surface area contributed by atoms with Gasteiger partial charge in [0, 0.05) is 7.05 Å². The van der Waals surface area contributed by atoms with E-state index in [1.54, 1.807) is 17.5 Å². The van der Waals surface area contributed by atoms with E-state index in [9.17, 15) is 8.42 Å². The number of rotatable bonds is 3. The van der Waals surface area contributed by atoms with Crippen LogP contribution in [0.3, 0.4) is 0 Å². The lowest BCUT2D eigenvalue weighted by Crippen LogP contribution is -2.26. The molecule has 4 nitrogen and oxygen atoms in total. The smallest absolute Gasteiger partial charge is 0.206 e. The first-order valence-corrected chi connectivity index (χ1v) is 5.78. The van der Waals surface area contributed by atoms with E-state index < -0.39 is 10.0 Å². The van der Waals surface area contributed by atoms with Crippen LogP contribution in [0.15, 0.2) is 21.7 Å². The molecular formula is C7H8N2O2S2. The summed E-state index contributed by atoms with van der Waals surface area (Å²) in [6.45, 7) is -0.125. The molecule has 0 amide bonds. The molecule has 0 bridgehead atoms. The molecule has 1 heterocycles. The molecule has 0 aromatic carbocycles. The quantitative estimate of drug-likeness (QED) is 0.705. The third-order valence-electron chi connectivity index (χ3n) is 1.45. The topological polar surface area (TPSA) is 61.2 Å². The van der Waals surface area contributed by atoms with Crippen molar-refractivity contribution in [3.63, 3.8) is 0 Å². The average molecular weight is 216 g/mol.